The first-order valence-corrected chi connectivity index (χ1v) is 10.4. The topological polar surface area (TPSA) is 61.4 Å². The molecule has 0 aliphatic heterocycles. The van der Waals surface area contributed by atoms with Crippen molar-refractivity contribution in [2.45, 2.75) is 25.9 Å². The second-order valence-electron chi connectivity index (χ2n) is 7.41. The molecule has 0 spiro atoms. The molecule has 5 nitrogen and oxygen atoms in total. The van der Waals surface area contributed by atoms with E-state index >= 15 is 0 Å². The van der Waals surface area contributed by atoms with Crippen LogP contribution in [0.5, 0.6) is 0 Å². The molecule has 0 aliphatic rings. The summed E-state index contributed by atoms with van der Waals surface area (Å²) in [6.07, 6.45) is 0.653. The molecule has 0 saturated carbocycles. The zero-order chi connectivity index (χ0) is 22.3. The molecule has 31 heavy (non-hydrogen) atoms. The summed E-state index contributed by atoms with van der Waals surface area (Å²) in [5.74, 6) is -0.848. The number of rotatable bonds is 7. The number of hydrogen-bond donors (Lipinski definition) is 2. The van der Waals surface area contributed by atoms with Gasteiger partial charge in [-0.05, 0) is 29.7 Å². The Balaban J connectivity index is 2.24. The maximum absolute atomic E-state index is 13.8. The van der Waals surface area contributed by atoms with Crippen LogP contribution in [0, 0.1) is 13.0 Å². The van der Waals surface area contributed by atoms with E-state index < -0.39 is 5.66 Å². The van der Waals surface area contributed by atoms with E-state index in [0.717, 1.165) is 11.1 Å². The molecule has 159 valence electrons. The van der Waals surface area contributed by atoms with Crippen LogP contribution in [0.4, 0.5) is 0 Å². The fourth-order valence-corrected chi connectivity index (χ4v) is 3.47. The Morgan fingerprint density at radius 1 is 0.871 bits per heavy atom. The lowest BCUT2D eigenvalue weighted by Crippen LogP contribution is -2.64. The maximum Gasteiger partial charge on any atom is 0.274 e. The summed E-state index contributed by atoms with van der Waals surface area (Å²) in [6.45, 7) is 3.78. The zero-order valence-electron chi connectivity index (χ0n) is 17.9. The lowest BCUT2D eigenvalue weighted by molar-refractivity contribution is -0.131. The molecule has 0 saturated heterocycles. The van der Waals surface area contributed by atoms with Crippen LogP contribution in [-0.2, 0) is 10.5 Å². The van der Waals surface area contributed by atoms with Crippen LogP contribution >= 0.6 is 0 Å². The van der Waals surface area contributed by atoms with Gasteiger partial charge in [0, 0.05) is 18.5 Å². The largest absolute Gasteiger partial charge is 0.284 e. The van der Waals surface area contributed by atoms with Crippen LogP contribution in [-0.4, -0.2) is 16.8 Å². The Kier molecular flexibility index (Phi) is 7.21. The molecule has 0 aliphatic carbocycles. The average molecular weight is 415 g/mol. The molecule has 0 fully saturated rings. The first kappa shape index (κ1) is 22.2. The van der Waals surface area contributed by atoms with Gasteiger partial charge in [0.1, 0.15) is 0 Å². The summed E-state index contributed by atoms with van der Waals surface area (Å²) in [5.41, 5.74) is 3.67. The Morgan fingerprint density at radius 2 is 1.32 bits per heavy atom. The third-order valence-electron chi connectivity index (χ3n) is 5.48. The first-order valence-electron chi connectivity index (χ1n) is 10.4. The molecule has 1 radical (unpaired) electrons. The fraction of sp³-hybridized carbons (Fsp3) is 0.192. The molecule has 5 heteroatoms. The van der Waals surface area contributed by atoms with Crippen LogP contribution in [0.3, 0.4) is 0 Å². The minimum atomic E-state index is -1.22. The number of hydrogen-bond acceptors (Lipinski definition) is 3. The predicted molar refractivity (Wildman–Crippen MR) is 122 cm³/mol. The number of carbonyl (C=O) groups is 2. The molecule has 2 amide bonds. The lowest BCUT2D eigenvalue weighted by Gasteiger charge is -2.44. The second kappa shape index (κ2) is 10.0. The molecule has 3 aromatic carbocycles. The smallest absolute Gasteiger partial charge is 0.274 e. The highest BCUT2D eigenvalue weighted by Gasteiger charge is 2.44. The number of amides is 2. The summed E-state index contributed by atoms with van der Waals surface area (Å²) in [4.78, 5) is 26.8. The van der Waals surface area contributed by atoms with Gasteiger partial charge < -0.3 is 0 Å². The van der Waals surface area contributed by atoms with Crippen LogP contribution in [0.15, 0.2) is 91.0 Å². The van der Waals surface area contributed by atoms with Gasteiger partial charge in [-0.2, -0.15) is 0 Å². The van der Waals surface area contributed by atoms with E-state index in [1.165, 1.54) is 5.01 Å². The van der Waals surface area contributed by atoms with Crippen LogP contribution in [0.25, 0.3) is 0 Å². The number of carbonyl (C=O) groups excluding carboxylic acids is 2. The summed E-state index contributed by atoms with van der Waals surface area (Å²) in [7, 11) is 3.99. The molecule has 2 N–H and O–H groups in total. The van der Waals surface area contributed by atoms with Gasteiger partial charge in [-0.3, -0.25) is 20.3 Å². The zero-order valence-corrected chi connectivity index (χ0v) is 17.9. The van der Waals surface area contributed by atoms with Crippen molar-refractivity contribution in [1.82, 2.24) is 15.8 Å². The van der Waals surface area contributed by atoms with Gasteiger partial charge in [0.15, 0.2) is 5.66 Å². The molecule has 0 heterocycles. The third kappa shape index (κ3) is 4.52. The number of hydrazine groups is 1. The normalized spacial score (nSPS) is 12.1. The van der Waals surface area contributed by atoms with E-state index in [9.17, 15) is 9.59 Å². The minimum absolute atomic E-state index is 0.238. The Labute approximate surface area is 184 Å². The number of nitrogens with zero attached hydrogens (tertiary/aromatic N) is 1. The highest BCUT2D eigenvalue weighted by atomic mass is 16.2. The highest BCUT2D eigenvalue weighted by Crippen LogP contribution is 2.33. The average Bonchev–Trinajstić information content (AvgIpc) is 2.85. The standard InChI is InChI=1S/C26H28N3O2/c1-4-20(2)24(30)28-29(25(31)21-14-8-5-9-15-21)26(27-3,22-16-10-6-11-17-22)23-18-12-7-13-19-23/h5-20,27H,3-4H2,1-2H3,(H,28,30). The van der Waals surface area contributed by atoms with Crippen molar-refractivity contribution in [2.24, 2.45) is 5.92 Å². The van der Waals surface area contributed by atoms with Crippen molar-refractivity contribution in [3.63, 3.8) is 0 Å². The molecule has 0 aromatic heterocycles. The molecule has 1 unspecified atom stereocenters. The van der Waals surface area contributed by atoms with Crippen LogP contribution < -0.4 is 10.7 Å². The lowest BCUT2D eigenvalue weighted by atomic mass is 9.89. The molecule has 0 bridgehead atoms. The van der Waals surface area contributed by atoms with Gasteiger partial charge in [0.25, 0.3) is 5.91 Å². The van der Waals surface area contributed by atoms with E-state index in [-0.39, 0.29) is 17.7 Å². The highest BCUT2D eigenvalue weighted by molar-refractivity contribution is 5.96. The van der Waals surface area contributed by atoms with Crippen molar-refractivity contribution in [1.29, 1.82) is 0 Å². The van der Waals surface area contributed by atoms with E-state index in [4.69, 9.17) is 0 Å². The Morgan fingerprint density at radius 3 is 1.74 bits per heavy atom. The van der Waals surface area contributed by atoms with Crippen LogP contribution in [0.1, 0.15) is 41.8 Å². The van der Waals surface area contributed by atoms with E-state index in [1.54, 1.807) is 24.3 Å². The van der Waals surface area contributed by atoms with Crippen molar-refractivity contribution < 1.29 is 9.59 Å². The Hall–Kier alpha value is -3.44. The second-order valence-corrected chi connectivity index (χ2v) is 7.41. The van der Waals surface area contributed by atoms with Gasteiger partial charge in [0.05, 0.1) is 0 Å². The van der Waals surface area contributed by atoms with Gasteiger partial charge in [0.2, 0.25) is 5.91 Å². The van der Waals surface area contributed by atoms with Crippen molar-refractivity contribution in [3.8, 4) is 0 Å². The van der Waals surface area contributed by atoms with Crippen molar-refractivity contribution in [3.05, 3.63) is 115 Å². The van der Waals surface area contributed by atoms with Gasteiger partial charge in [-0.25, -0.2) is 5.01 Å². The quantitative estimate of drug-likeness (QED) is 0.442. The number of nitrogens with one attached hydrogen (secondary N) is 2. The van der Waals surface area contributed by atoms with E-state index in [0.29, 0.717) is 12.0 Å². The fourth-order valence-electron chi connectivity index (χ4n) is 3.47. The van der Waals surface area contributed by atoms with Gasteiger partial charge >= 0.3 is 0 Å². The summed E-state index contributed by atoms with van der Waals surface area (Å²) in [6, 6.07) is 27.9. The Bertz CT molecular complexity index is 951. The van der Waals surface area contributed by atoms with Crippen molar-refractivity contribution in [2.75, 3.05) is 0 Å². The molecule has 1 atom stereocenters. The van der Waals surface area contributed by atoms with Gasteiger partial charge in [-0.1, -0.05) is 92.7 Å². The summed E-state index contributed by atoms with van der Waals surface area (Å²) in [5, 5.41) is 4.47. The van der Waals surface area contributed by atoms with Crippen molar-refractivity contribution >= 4 is 11.8 Å². The third-order valence-corrected chi connectivity index (χ3v) is 5.48. The van der Waals surface area contributed by atoms with Crippen LogP contribution in [0.2, 0.25) is 0 Å². The summed E-state index contributed by atoms with van der Waals surface area (Å²) < 4.78 is 0. The molecule has 3 aromatic rings. The number of benzene rings is 3. The minimum Gasteiger partial charge on any atom is -0.284 e. The molecular weight excluding hydrogens is 386 g/mol. The summed E-state index contributed by atoms with van der Waals surface area (Å²) >= 11 is 0. The SMILES string of the molecule is [CH2]NC(c1ccccc1)(c1ccccc1)N(NC(=O)C(C)CC)C(=O)c1ccccc1. The first-order chi connectivity index (χ1) is 15.0. The molecular formula is C26H28N3O2. The van der Waals surface area contributed by atoms with Gasteiger partial charge in [-0.15, -0.1) is 0 Å². The maximum atomic E-state index is 13.8. The predicted octanol–water partition coefficient (Wildman–Crippen LogP) is 4.49. The van der Waals surface area contributed by atoms with E-state index in [2.05, 4.69) is 17.8 Å². The monoisotopic (exact) mass is 414 g/mol. The van der Waals surface area contributed by atoms with E-state index in [1.807, 2.05) is 80.6 Å². The molecule has 3 rings (SSSR count).